The summed E-state index contributed by atoms with van der Waals surface area (Å²) in [7, 11) is 0. The van der Waals surface area contributed by atoms with Crippen molar-refractivity contribution < 1.29 is 9.53 Å². The Hall–Kier alpha value is -2.61. The van der Waals surface area contributed by atoms with E-state index in [0.29, 0.717) is 17.4 Å². The lowest BCUT2D eigenvalue weighted by Gasteiger charge is -2.23. The largest absolute Gasteiger partial charge is 0.376 e. The Morgan fingerprint density at radius 2 is 1.94 bits per heavy atom. The van der Waals surface area contributed by atoms with E-state index >= 15 is 0 Å². The fraction of sp³-hybridized carbons (Fsp3) is 0.208. The van der Waals surface area contributed by atoms with E-state index in [0.717, 1.165) is 46.1 Å². The average Bonchev–Trinajstić information content (AvgIpc) is 3.49. The first-order chi connectivity index (χ1) is 15.2. The Labute approximate surface area is 192 Å². The van der Waals surface area contributed by atoms with Crippen LogP contribution in [0.5, 0.6) is 0 Å². The van der Waals surface area contributed by atoms with E-state index in [4.69, 9.17) is 9.72 Å². The third kappa shape index (κ3) is 4.39. The molecule has 1 aliphatic heterocycles. The summed E-state index contributed by atoms with van der Waals surface area (Å²) in [5.41, 5.74) is 3.08. The standard InChI is InChI=1S/C24H20BrN3O2S/c25-18-10-7-17(8-11-18)22-15-31-24(27-22)28(14-19-5-3-13-30-19)23(29)21-12-9-16-4-1-2-6-20(16)26-21/h1-2,4,6-12,15,19H,3,5,13-14H2. The van der Waals surface area contributed by atoms with Gasteiger partial charge >= 0.3 is 0 Å². The molecule has 5 rings (SSSR count). The van der Waals surface area contributed by atoms with Gasteiger partial charge in [0.05, 0.1) is 23.9 Å². The van der Waals surface area contributed by atoms with Crippen molar-refractivity contribution in [2.45, 2.75) is 18.9 Å². The highest BCUT2D eigenvalue weighted by Gasteiger charge is 2.27. The minimum Gasteiger partial charge on any atom is -0.376 e. The number of thiazole rings is 1. The number of anilines is 1. The molecular weight excluding hydrogens is 474 g/mol. The number of hydrogen-bond acceptors (Lipinski definition) is 5. The molecular formula is C24H20BrN3O2S. The fourth-order valence-corrected chi connectivity index (χ4v) is 4.81. The summed E-state index contributed by atoms with van der Waals surface area (Å²) < 4.78 is 6.84. The number of halogens is 1. The molecule has 0 N–H and O–H groups in total. The lowest BCUT2D eigenvalue weighted by Crippen LogP contribution is -2.38. The SMILES string of the molecule is O=C(c1ccc2ccccc2n1)N(CC1CCCO1)c1nc(-c2ccc(Br)cc2)cs1. The summed E-state index contributed by atoms with van der Waals surface area (Å²) >= 11 is 4.93. The van der Waals surface area contributed by atoms with Crippen LogP contribution in [0.4, 0.5) is 5.13 Å². The zero-order valence-corrected chi connectivity index (χ0v) is 19.1. The lowest BCUT2D eigenvalue weighted by atomic mass is 10.2. The lowest BCUT2D eigenvalue weighted by molar-refractivity contribution is 0.0913. The number of para-hydroxylation sites is 1. The van der Waals surface area contributed by atoms with E-state index in [1.165, 1.54) is 11.3 Å². The highest BCUT2D eigenvalue weighted by molar-refractivity contribution is 9.10. The third-order valence-electron chi connectivity index (χ3n) is 5.34. The van der Waals surface area contributed by atoms with Gasteiger partial charge in [0, 0.05) is 27.4 Å². The molecule has 0 saturated carbocycles. The first-order valence-electron chi connectivity index (χ1n) is 10.2. The van der Waals surface area contributed by atoms with Crippen LogP contribution in [0.15, 0.2) is 70.5 Å². The zero-order valence-electron chi connectivity index (χ0n) is 16.7. The van der Waals surface area contributed by atoms with Gasteiger partial charge in [-0.05, 0) is 37.1 Å². The number of rotatable bonds is 5. The highest BCUT2D eigenvalue weighted by Crippen LogP contribution is 2.30. The third-order valence-corrected chi connectivity index (χ3v) is 6.73. The van der Waals surface area contributed by atoms with E-state index < -0.39 is 0 Å². The zero-order chi connectivity index (χ0) is 21.2. The average molecular weight is 494 g/mol. The summed E-state index contributed by atoms with van der Waals surface area (Å²) in [6.45, 7) is 1.21. The number of pyridine rings is 1. The van der Waals surface area contributed by atoms with Gasteiger partial charge in [-0.3, -0.25) is 9.69 Å². The van der Waals surface area contributed by atoms with E-state index in [1.807, 2.05) is 60.0 Å². The Balaban J connectivity index is 1.48. The molecule has 1 aliphatic rings. The number of ether oxygens (including phenoxy) is 1. The molecule has 5 nitrogen and oxygen atoms in total. The second kappa shape index (κ2) is 8.86. The van der Waals surface area contributed by atoms with Gasteiger partial charge < -0.3 is 4.74 Å². The Bertz CT molecular complexity index is 1220. The molecule has 31 heavy (non-hydrogen) atoms. The second-order valence-electron chi connectivity index (χ2n) is 7.46. The number of aromatic nitrogens is 2. The second-order valence-corrected chi connectivity index (χ2v) is 9.21. The van der Waals surface area contributed by atoms with Gasteiger partial charge in [0.1, 0.15) is 5.69 Å². The van der Waals surface area contributed by atoms with Gasteiger partial charge in [-0.15, -0.1) is 11.3 Å². The minimum atomic E-state index is -0.155. The normalized spacial score (nSPS) is 16.0. The Kier molecular flexibility index (Phi) is 5.80. The van der Waals surface area contributed by atoms with Gasteiger partial charge in [0.2, 0.25) is 0 Å². The van der Waals surface area contributed by atoms with Crippen LogP contribution >= 0.6 is 27.3 Å². The summed E-state index contributed by atoms with van der Waals surface area (Å²) in [4.78, 5) is 24.7. The molecule has 4 aromatic rings. The smallest absolute Gasteiger partial charge is 0.278 e. The molecule has 2 aromatic carbocycles. The summed E-state index contributed by atoms with van der Waals surface area (Å²) in [6, 6.07) is 19.5. The van der Waals surface area contributed by atoms with Gasteiger partial charge in [-0.1, -0.05) is 52.3 Å². The number of carbonyl (C=O) groups is 1. The van der Waals surface area contributed by atoms with E-state index in [-0.39, 0.29) is 12.0 Å². The van der Waals surface area contributed by atoms with E-state index in [9.17, 15) is 4.79 Å². The van der Waals surface area contributed by atoms with Crippen molar-refractivity contribution >= 4 is 49.2 Å². The van der Waals surface area contributed by atoms with Gasteiger partial charge in [-0.2, -0.15) is 0 Å². The van der Waals surface area contributed by atoms with Gasteiger partial charge in [-0.25, -0.2) is 9.97 Å². The van der Waals surface area contributed by atoms with Crippen LogP contribution in [-0.4, -0.2) is 35.1 Å². The number of benzene rings is 2. The van der Waals surface area contributed by atoms with Crippen LogP contribution in [-0.2, 0) is 4.74 Å². The molecule has 0 bridgehead atoms. The molecule has 7 heteroatoms. The topological polar surface area (TPSA) is 55.3 Å². The molecule has 156 valence electrons. The molecule has 1 unspecified atom stereocenters. The van der Waals surface area contributed by atoms with Crippen LogP contribution in [0.25, 0.3) is 22.2 Å². The number of hydrogen-bond donors (Lipinski definition) is 0. The van der Waals surface area contributed by atoms with E-state index in [2.05, 4.69) is 20.9 Å². The van der Waals surface area contributed by atoms with Gasteiger partial charge in [0.25, 0.3) is 5.91 Å². The fourth-order valence-electron chi connectivity index (χ4n) is 3.70. The van der Waals surface area contributed by atoms with Crippen LogP contribution in [0.1, 0.15) is 23.3 Å². The molecule has 2 aromatic heterocycles. The number of carbonyl (C=O) groups excluding carboxylic acids is 1. The first-order valence-corrected chi connectivity index (χ1v) is 11.9. The predicted octanol–water partition coefficient (Wildman–Crippen LogP) is 5.95. The van der Waals surface area contributed by atoms with E-state index in [1.54, 1.807) is 11.0 Å². The minimum absolute atomic E-state index is 0.0180. The molecule has 1 atom stereocenters. The molecule has 0 spiro atoms. The molecule has 0 radical (unpaired) electrons. The predicted molar refractivity (Wildman–Crippen MR) is 128 cm³/mol. The van der Waals surface area contributed by atoms with Crippen molar-refractivity contribution in [3.63, 3.8) is 0 Å². The summed E-state index contributed by atoms with van der Waals surface area (Å²) in [5, 5.41) is 3.66. The Morgan fingerprint density at radius 3 is 2.74 bits per heavy atom. The summed E-state index contributed by atoms with van der Waals surface area (Å²) in [6.07, 6.45) is 1.98. The summed E-state index contributed by atoms with van der Waals surface area (Å²) in [5.74, 6) is -0.155. The van der Waals surface area contributed by atoms with Crippen molar-refractivity contribution in [1.82, 2.24) is 9.97 Å². The van der Waals surface area contributed by atoms with Gasteiger partial charge in [0.15, 0.2) is 5.13 Å². The number of fused-ring (bicyclic) bond motifs is 1. The molecule has 1 saturated heterocycles. The maximum Gasteiger partial charge on any atom is 0.278 e. The molecule has 0 aliphatic carbocycles. The van der Waals surface area contributed by atoms with Crippen molar-refractivity contribution in [2.24, 2.45) is 0 Å². The quantitative estimate of drug-likeness (QED) is 0.344. The monoisotopic (exact) mass is 493 g/mol. The van der Waals surface area contributed by atoms with Crippen molar-refractivity contribution in [2.75, 3.05) is 18.1 Å². The Morgan fingerprint density at radius 1 is 1.10 bits per heavy atom. The molecule has 1 amide bonds. The van der Waals surface area contributed by atoms with Crippen molar-refractivity contribution in [1.29, 1.82) is 0 Å². The van der Waals surface area contributed by atoms with Crippen molar-refractivity contribution in [3.8, 4) is 11.3 Å². The molecule has 1 fully saturated rings. The number of nitrogens with zero attached hydrogens (tertiary/aromatic N) is 3. The van der Waals surface area contributed by atoms with Crippen LogP contribution in [0, 0.1) is 0 Å². The number of amides is 1. The highest BCUT2D eigenvalue weighted by atomic mass is 79.9. The maximum absolute atomic E-state index is 13.5. The van der Waals surface area contributed by atoms with Crippen LogP contribution < -0.4 is 4.90 Å². The van der Waals surface area contributed by atoms with Crippen LogP contribution in [0.3, 0.4) is 0 Å². The van der Waals surface area contributed by atoms with Crippen molar-refractivity contribution in [3.05, 3.63) is 76.2 Å². The molecule has 3 heterocycles. The first kappa shape index (κ1) is 20.3. The van der Waals surface area contributed by atoms with Crippen LogP contribution in [0.2, 0.25) is 0 Å². The maximum atomic E-state index is 13.5.